The van der Waals surface area contributed by atoms with Gasteiger partial charge in [-0.25, -0.2) is 4.79 Å². The van der Waals surface area contributed by atoms with Gasteiger partial charge in [0.25, 0.3) is 0 Å². The number of fused-ring (bicyclic) bond motifs is 1. The Bertz CT molecular complexity index is 492. The van der Waals surface area contributed by atoms with Gasteiger partial charge in [0.2, 0.25) is 0 Å². The molecule has 0 bridgehead atoms. The molecule has 1 aromatic rings. The van der Waals surface area contributed by atoms with E-state index in [4.69, 9.17) is 5.11 Å². The summed E-state index contributed by atoms with van der Waals surface area (Å²) in [4.78, 5) is 24.6. The molecule has 1 aliphatic heterocycles. The van der Waals surface area contributed by atoms with Gasteiger partial charge in [0.1, 0.15) is 0 Å². The highest BCUT2D eigenvalue weighted by atomic mass is 79.9. The second-order valence-electron chi connectivity index (χ2n) is 3.76. The number of hydrogen-bond acceptors (Lipinski definition) is 3. The first-order chi connectivity index (χ1) is 7.99. The second kappa shape index (κ2) is 4.70. The molecule has 1 aliphatic rings. The van der Waals surface area contributed by atoms with E-state index < -0.39 is 11.9 Å². The van der Waals surface area contributed by atoms with Crippen LogP contribution in [0, 0.1) is 0 Å². The smallest absolute Gasteiger partial charge is 0.394 e. The lowest BCUT2D eigenvalue weighted by atomic mass is 10.2. The van der Waals surface area contributed by atoms with Gasteiger partial charge in [-0.15, -0.1) is 11.8 Å². The van der Waals surface area contributed by atoms with Crippen molar-refractivity contribution < 1.29 is 14.7 Å². The van der Waals surface area contributed by atoms with Crippen molar-refractivity contribution in [1.29, 1.82) is 0 Å². The van der Waals surface area contributed by atoms with Crippen molar-refractivity contribution in [2.24, 2.45) is 0 Å². The SMILES string of the molecule is CC1CN(C(=O)C(=O)O)c2ccc(Br)cc2S1. The van der Waals surface area contributed by atoms with Gasteiger partial charge in [-0.2, -0.15) is 0 Å². The van der Waals surface area contributed by atoms with Crippen molar-refractivity contribution in [2.75, 3.05) is 11.4 Å². The number of anilines is 1. The van der Waals surface area contributed by atoms with Crippen LogP contribution in [0.4, 0.5) is 5.69 Å². The summed E-state index contributed by atoms with van der Waals surface area (Å²) in [7, 11) is 0. The summed E-state index contributed by atoms with van der Waals surface area (Å²) >= 11 is 5.01. The fraction of sp³-hybridized carbons (Fsp3) is 0.273. The minimum atomic E-state index is -1.42. The van der Waals surface area contributed by atoms with Crippen LogP contribution in [-0.2, 0) is 9.59 Å². The van der Waals surface area contributed by atoms with Crippen LogP contribution >= 0.6 is 27.7 Å². The minimum Gasteiger partial charge on any atom is -0.474 e. The number of carboxylic acids is 1. The van der Waals surface area contributed by atoms with Gasteiger partial charge in [-0.1, -0.05) is 22.9 Å². The first-order valence-electron chi connectivity index (χ1n) is 5.00. The van der Waals surface area contributed by atoms with E-state index in [1.54, 1.807) is 23.9 Å². The maximum atomic E-state index is 11.6. The molecule has 0 aliphatic carbocycles. The summed E-state index contributed by atoms with van der Waals surface area (Å²) < 4.78 is 0.917. The molecule has 0 saturated heterocycles. The van der Waals surface area contributed by atoms with Gasteiger partial charge in [0, 0.05) is 21.2 Å². The summed E-state index contributed by atoms with van der Waals surface area (Å²) in [5, 5.41) is 8.97. The summed E-state index contributed by atoms with van der Waals surface area (Å²) in [6.45, 7) is 2.39. The third-order valence-corrected chi connectivity index (χ3v) is 4.03. The van der Waals surface area contributed by atoms with Gasteiger partial charge in [0.05, 0.1) is 5.69 Å². The summed E-state index contributed by atoms with van der Waals surface area (Å²) in [5.74, 6) is -2.29. The average Bonchev–Trinajstić information content (AvgIpc) is 2.26. The summed E-state index contributed by atoms with van der Waals surface area (Å²) in [6, 6.07) is 5.47. The number of carboxylic acid groups (broad SMARTS) is 1. The maximum absolute atomic E-state index is 11.6. The van der Waals surface area contributed by atoms with Crippen molar-refractivity contribution >= 4 is 45.3 Å². The van der Waals surface area contributed by atoms with E-state index in [2.05, 4.69) is 15.9 Å². The molecule has 2 rings (SSSR count). The molecule has 6 heteroatoms. The maximum Gasteiger partial charge on any atom is 0.394 e. The number of benzene rings is 1. The Labute approximate surface area is 111 Å². The first kappa shape index (κ1) is 12.4. The quantitative estimate of drug-likeness (QED) is 0.747. The Morgan fingerprint density at radius 1 is 1.53 bits per heavy atom. The van der Waals surface area contributed by atoms with Crippen LogP contribution in [0.5, 0.6) is 0 Å². The topological polar surface area (TPSA) is 57.6 Å². The van der Waals surface area contributed by atoms with E-state index in [0.717, 1.165) is 9.37 Å². The molecule has 1 unspecified atom stereocenters. The number of amides is 1. The monoisotopic (exact) mass is 315 g/mol. The van der Waals surface area contributed by atoms with Crippen molar-refractivity contribution in [1.82, 2.24) is 0 Å². The highest BCUT2D eigenvalue weighted by molar-refractivity contribution is 9.10. The minimum absolute atomic E-state index is 0.181. The summed E-state index contributed by atoms with van der Waals surface area (Å²) in [5.41, 5.74) is 0.670. The van der Waals surface area contributed by atoms with Crippen LogP contribution in [0.15, 0.2) is 27.6 Å². The Morgan fingerprint density at radius 2 is 2.24 bits per heavy atom. The predicted octanol–water partition coefficient (Wildman–Crippen LogP) is 2.36. The standard InChI is InChI=1S/C11H10BrNO3S/c1-6-5-13(10(14)11(15)16)8-3-2-7(12)4-9(8)17-6/h2-4,6H,5H2,1H3,(H,15,16). The molecule has 1 amide bonds. The molecule has 1 aromatic carbocycles. The predicted molar refractivity (Wildman–Crippen MR) is 69.4 cm³/mol. The van der Waals surface area contributed by atoms with Crippen LogP contribution in [-0.4, -0.2) is 28.8 Å². The number of rotatable bonds is 0. The van der Waals surface area contributed by atoms with E-state index in [1.807, 2.05) is 13.0 Å². The lowest BCUT2D eigenvalue weighted by Gasteiger charge is -2.31. The number of carbonyl (C=O) groups excluding carboxylic acids is 1. The zero-order valence-corrected chi connectivity index (χ0v) is 11.4. The van der Waals surface area contributed by atoms with Crippen LogP contribution in [0.3, 0.4) is 0 Å². The fourth-order valence-electron chi connectivity index (χ4n) is 1.72. The molecule has 1 heterocycles. The zero-order chi connectivity index (χ0) is 12.6. The molecule has 0 aromatic heterocycles. The number of thioether (sulfide) groups is 1. The fourth-order valence-corrected chi connectivity index (χ4v) is 3.39. The molecular weight excluding hydrogens is 306 g/mol. The van der Waals surface area contributed by atoms with Crippen LogP contribution in [0.2, 0.25) is 0 Å². The number of carbonyl (C=O) groups is 2. The van der Waals surface area contributed by atoms with E-state index in [9.17, 15) is 9.59 Å². The summed E-state index contributed by atoms with van der Waals surface area (Å²) in [6.07, 6.45) is 0. The lowest BCUT2D eigenvalue weighted by molar-refractivity contribution is -0.148. The first-order valence-corrected chi connectivity index (χ1v) is 6.67. The van der Waals surface area contributed by atoms with Gasteiger partial charge in [0.15, 0.2) is 0 Å². The Morgan fingerprint density at radius 3 is 2.88 bits per heavy atom. The Kier molecular flexibility index (Phi) is 3.44. The van der Waals surface area contributed by atoms with Crippen LogP contribution in [0.25, 0.3) is 0 Å². The molecule has 0 spiro atoms. The number of hydrogen-bond donors (Lipinski definition) is 1. The largest absolute Gasteiger partial charge is 0.474 e. The van der Waals surface area contributed by atoms with Crippen molar-refractivity contribution in [2.45, 2.75) is 17.1 Å². The van der Waals surface area contributed by atoms with Gasteiger partial charge >= 0.3 is 11.9 Å². The van der Waals surface area contributed by atoms with Gasteiger partial charge in [-0.3, -0.25) is 4.79 Å². The van der Waals surface area contributed by atoms with Crippen LogP contribution < -0.4 is 4.90 Å². The highest BCUT2D eigenvalue weighted by Crippen LogP contribution is 2.39. The van der Waals surface area contributed by atoms with E-state index in [-0.39, 0.29) is 5.25 Å². The lowest BCUT2D eigenvalue weighted by Crippen LogP contribution is -2.42. The van der Waals surface area contributed by atoms with Crippen molar-refractivity contribution in [3.8, 4) is 0 Å². The Hall–Kier alpha value is -1.01. The number of halogens is 1. The molecule has 0 fully saturated rings. The highest BCUT2D eigenvalue weighted by Gasteiger charge is 2.30. The molecule has 90 valence electrons. The van der Waals surface area contributed by atoms with Crippen molar-refractivity contribution in [3.05, 3.63) is 22.7 Å². The van der Waals surface area contributed by atoms with E-state index in [1.165, 1.54) is 4.90 Å². The average molecular weight is 316 g/mol. The van der Waals surface area contributed by atoms with Gasteiger partial charge < -0.3 is 10.0 Å². The molecular formula is C11H10BrNO3S. The third-order valence-electron chi connectivity index (χ3n) is 2.41. The number of nitrogens with zero attached hydrogens (tertiary/aromatic N) is 1. The number of aliphatic carboxylic acids is 1. The van der Waals surface area contributed by atoms with Crippen LogP contribution in [0.1, 0.15) is 6.92 Å². The second-order valence-corrected chi connectivity index (χ2v) is 6.16. The molecule has 1 N–H and O–H groups in total. The third kappa shape index (κ3) is 2.47. The normalized spacial score (nSPS) is 18.7. The van der Waals surface area contributed by atoms with E-state index in [0.29, 0.717) is 12.2 Å². The molecule has 0 saturated carbocycles. The molecule has 4 nitrogen and oxygen atoms in total. The molecule has 17 heavy (non-hydrogen) atoms. The Balaban J connectivity index is 2.44. The van der Waals surface area contributed by atoms with Gasteiger partial charge in [-0.05, 0) is 18.2 Å². The van der Waals surface area contributed by atoms with Crippen molar-refractivity contribution in [3.63, 3.8) is 0 Å². The zero-order valence-electron chi connectivity index (χ0n) is 9.01. The molecule has 0 radical (unpaired) electrons. The molecule has 1 atom stereocenters. The van der Waals surface area contributed by atoms with E-state index >= 15 is 0 Å².